The Bertz CT molecular complexity index is 284. The van der Waals surface area contributed by atoms with E-state index in [2.05, 4.69) is 17.6 Å². The summed E-state index contributed by atoms with van der Waals surface area (Å²) in [5.41, 5.74) is 0.421. The molecule has 118 valence electrons. The molecule has 1 amide bonds. The third kappa shape index (κ3) is 5.25. The van der Waals surface area contributed by atoms with Crippen molar-refractivity contribution in [1.82, 2.24) is 10.6 Å². The van der Waals surface area contributed by atoms with Crippen molar-refractivity contribution in [2.45, 2.75) is 64.7 Å². The van der Waals surface area contributed by atoms with Crippen LogP contribution in [0.2, 0.25) is 0 Å². The van der Waals surface area contributed by atoms with Crippen molar-refractivity contribution in [1.29, 1.82) is 0 Å². The number of nitrogens with one attached hydrogen (secondary N) is 2. The summed E-state index contributed by atoms with van der Waals surface area (Å²) in [6, 6.07) is 0. The molecular weight excluding hydrogens is 272 g/mol. The minimum atomic E-state index is 0. The molecule has 1 saturated carbocycles. The topological polar surface area (TPSA) is 41.1 Å². The molecule has 0 bridgehead atoms. The smallest absolute Gasteiger partial charge is 0.220 e. The largest absolute Gasteiger partial charge is 0.356 e. The van der Waals surface area contributed by atoms with Gasteiger partial charge in [0, 0.05) is 13.0 Å². The molecule has 2 fully saturated rings. The molecule has 1 saturated heterocycles. The van der Waals surface area contributed by atoms with Crippen LogP contribution in [0.3, 0.4) is 0 Å². The zero-order valence-corrected chi connectivity index (χ0v) is 13.7. The van der Waals surface area contributed by atoms with Gasteiger partial charge >= 0.3 is 0 Å². The fraction of sp³-hybridized carbons (Fsp3) is 0.938. The fourth-order valence-electron chi connectivity index (χ4n) is 3.66. The lowest BCUT2D eigenvalue weighted by Gasteiger charge is -2.28. The Morgan fingerprint density at radius 2 is 1.90 bits per heavy atom. The van der Waals surface area contributed by atoms with Crippen LogP contribution < -0.4 is 10.6 Å². The van der Waals surface area contributed by atoms with Crippen LogP contribution >= 0.6 is 12.4 Å². The van der Waals surface area contributed by atoms with Crippen molar-refractivity contribution >= 4 is 18.3 Å². The Kier molecular flexibility index (Phi) is 7.90. The van der Waals surface area contributed by atoms with Crippen molar-refractivity contribution < 1.29 is 4.79 Å². The van der Waals surface area contributed by atoms with Gasteiger partial charge in [-0.15, -0.1) is 12.4 Å². The Balaban J connectivity index is 0.00000200. The molecule has 0 atom stereocenters. The lowest BCUT2D eigenvalue weighted by atomic mass is 9.83. The highest BCUT2D eigenvalue weighted by Crippen LogP contribution is 2.40. The van der Waals surface area contributed by atoms with E-state index in [1.54, 1.807) is 0 Å². The Hall–Kier alpha value is -0.280. The standard InChI is InChI=1S/C16H30N2O.ClH/c1-2-16(9-3-4-10-16)13-18-15(19)6-5-14-7-11-17-12-8-14;/h14,17H,2-13H2,1H3,(H,18,19);1H. The third-order valence-corrected chi connectivity index (χ3v) is 5.31. The Morgan fingerprint density at radius 1 is 1.25 bits per heavy atom. The molecule has 20 heavy (non-hydrogen) atoms. The molecule has 0 radical (unpaired) electrons. The minimum absolute atomic E-state index is 0. The maximum absolute atomic E-state index is 12.0. The number of piperidine rings is 1. The highest BCUT2D eigenvalue weighted by molar-refractivity contribution is 5.85. The average molecular weight is 303 g/mol. The van der Waals surface area contributed by atoms with Gasteiger partial charge in [-0.2, -0.15) is 0 Å². The summed E-state index contributed by atoms with van der Waals surface area (Å²) in [5, 5.41) is 6.58. The first-order chi connectivity index (χ1) is 9.24. The summed E-state index contributed by atoms with van der Waals surface area (Å²) in [6.45, 7) is 5.44. The predicted octanol–water partition coefficient (Wildman–Crippen LogP) is 3.27. The van der Waals surface area contributed by atoms with Crippen LogP contribution in [0.4, 0.5) is 0 Å². The molecule has 3 nitrogen and oxygen atoms in total. The first kappa shape index (κ1) is 17.8. The van der Waals surface area contributed by atoms with Gasteiger partial charge in [-0.3, -0.25) is 4.79 Å². The van der Waals surface area contributed by atoms with Crippen LogP contribution in [0.15, 0.2) is 0 Å². The van der Waals surface area contributed by atoms with E-state index in [9.17, 15) is 4.79 Å². The van der Waals surface area contributed by atoms with Gasteiger partial charge in [0.2, 0.25) is 5.91 Å². The second-order valence-corrected chi connectivity index (χ2v) is 6.57. The quantitative estimate of drug-likeness (QED) is 0.790. The summed E-state index contributed by atoms with van der Waals surface area (Å²) < 4.78 is 0. The van der Waals surface area contributed by atoms with Crippen molar-refractivity contribution in [3.8, 4) is 0 Å². The first-order valence-electron chi connectivity index (χ1n) is 8.21. The van der Waals surface area contributed by atoms with Gasteiger partial charge in [0.25, 0.3) is 0 Å². The van der Waals surface area contributed by atoms with Crippen molar-refractivity contribution in [2.24, 2.45) is 11.3 Å². The second kappa shape index (κ2) is 8.89. The van der Waals surface area contributed by atoms with Gasteiger partial charge < -0.3 is 10.6 Å². The highest BCUT2D eigenvalue weighted by Gasteiger charge is 2.32. The number of rotatable bonds is 6. The molecule has 0 aromatic carbocycles. The van der Waals surface area contributed by atoms with E-state index in [0.717, 1.165) is 38.4 Å². The number of carbonyl (C=O) groups is 1. The Labute approximate surface area is 130 Å². The lowest BCUT2D eigenvalue weighted by molar-refractivity contribution is -0.122. The zero-order chi connectivity index (χ0) is 13.6. The van der Waals surface area contributed by atoms with E-state index < -0.39 is 0 Å². The Morgan fingerprint density at radius 3 is 2.50 bits per heavy atom. The average Bonchev–Trinajstić information content (AvgIpc) is 2.93. The number of hydrogen-bond acceptors (Lipinski definition) is 2. The fourth-order valence-corrected chi connectivity index (χ4v) is 3.66. The summed E-state index contributed by atoms with van der Waals surface area (Å²) in [7, 11) is 0. The van der Waals surface area contributed by atoms with Gasteiger partial charge in [0.15, 0.2) is 0 Å². The van der Waals surface area contributed by atoms with Gasteiger partial charge in [-0.25, -0.2) is 0 Å². The molecule has 2 aliphatic rings. The van der Waals surface area contributed by atoms with E-state index in [4.69, 9.17) is 0 Å². The van der Waals surface area contributed by atoms with Gasteiger partial charge in [0.05, 0.1) is 0 Å². The number of amides is 1. The molecule has 0 aromatic heterocycles. The molecular formula is C16H31ClN2O. The molecule has 1 aliphatic heterocycles. The van der Waals surface area contributed by atoms with Gasteiger partial charge in [-0.05, 0) is 62.9 Å². The van der Waals surface area contributed by atoms with Gasteiger partial charge in [-0.1, -0.05) is 19.8 Å². The van der Waals surface area contributed by atoms with E-state index >= 15 is 0 Å². The molecule has 0 aromatic rings. The van der Waals surface area contributed by atoms with Crippen LogP contribution in [0, 0.1) is 11.3 Å². The van der Waals surface area contributed by atoms with Crippen molar-refractivity contribution in [3.05, 3.63) is 0 Å². The lowest BCUT2D eigenvalue weighted by Crippen LogP contribution is -2.36. The van der Waals surface area contributed by atoms with Gasteiger partial charge in [0.1, 0.15) is 0 Å². The van der Waals surface area contributed by atoms with E-state index in [1.165, 1.54) is 44.9 Å². The summed E-state index contributed by atoms with van der Waals surface area (Å²) in [5.74, 6) is 1.04. The summed E-state index contributed by atoms with van der Waals surface area (Å²) >= 11 is 0. The number of carbonyl (C=O) groups excluding carboxylic acids is 1. The molecule has 1 aliphatic carbocycles. The van der Waals surface area contributed by atoms with E-state index in [0.29, 0.717) is 5.41 Å². The van der Waals surface area contributed by atoms with Crippen LogP contribution in [0.25, 0.3) is 0 Å². The highest BCUT2D eigenvalue weighted by atomic mass is 35.5. The maximum atomic E-state index is 12.0. The summed E-state index contributed by atoms with van der Waals surface area (Å²) in [4.78, 5) is 12.0. The molecule has 4 heteroatoms. The third-order valence-electron chi connectivity index (χ3n) is 5.31. The van der Waals surface area contributed by atoms with Crippen molar-refractivity contribution in [3.63, 3.8) is 0 Å². The minimum Gasteiger partial charge on any atom is -0.356 e. The van der Waals surface area contributed by atoms with Crippen LogP contribution in [-0.4, -0.2) is 25.5 Å². The maximum Gasteiger partial charge on any atom is 0.220 e. The molecule has 1 heterocycles. The first-order valence-corrected chi connectivity index (χ1v) is 8.21. The molecule has 2 rings (SSSR count). The van der Waals surface area contributed by atoms with E-state index in [1.807, 2.05) is 0 Å². The molecule has 0 unspecified atom stereocenters. The SMILES string of the molecule is CCC1(CNC(=O)CCC2CCNCC2)CCCC1.Cl. The summed E-state index contributed by atoms with van der Waals surface area (Å²) in [6.07, 6.45) is 10.8. The van der Waals surface area contributed by atoms with Crippen LogP contribution in [-0.2, 0) is 4.79 Å². The monoisotopic (exact) mass is 302 g/mol. The number of halogens is 1. The van der Waals surface area contributed by atoms with Crippen LogP contribution in [0.1, 0.15) is 64.7 Å². The molecule has 0 spiro atoms. The second-order valence-electron chi connectivity index (χ2n) is 6.57. The molecule has 2 N–H and O–H groups in total. The van der Waals surface area contributed by atoms with Crippen molar-refractivity contribution in [2.75, 3.05) is 19.6 Å². The van der Waals surface area contributed by atoms with E-state index in [-0.39, 0.29) is 18.3 Å². The number of hydrogen-bond donors (Lipinski definition) is 2. The normalized spacial score (nSPS) is 22.2. The zero-order valence-electron chi connectivity index (χ0n) is 12.9. The van der Waals surface area contributed by atoms with Crippen LogP contribution in [0.5, 0.6) is 0 Å². The predicted molar refractivity (Wildman–Crippen MR) is 86.3 cm³/mol.